The molecule has 0 saturated heterocycles. The van der Waals surface area contributed by atoms with Crippen molar-refractivity contribution in [2.24, 2.45) is 4.99 Å². The molecule has 0 bridgehead atoms. The average molecular weight is 196 g/mol. The van der Waals surface area contributed by atoms with Gasteiger partial charge in [-0.2, -0.15) is 0 Å². The second-order valence-electron chi connectivity index (χ2n) is 3.85. The van der Waals surface area contributed by atoms with Crippen molar-refractivity contribution < 1.29 is 9.53 Å². The van der Waals surface area contributed by atoms with Gasteiger partial charge in [0, 0.05) is 6.61 Å². The van der Waals surface area contributed by atoms with E-state index in [-0.39, 0.29) is 18.1 Å². The first-order valence-electron chi connectivity index (χ1n) is 5.25. The predicted octanol–water partition coefficient (Wildman–Crippen LogP) is 0.864. The first kappa shape index (κ1) is 9.65. The van der Waals surface area contributed by atoms with Gasteiger partial charge in [0.05, 0.1) is 0 Å². The monoisotopic (exact) mass is 196 g/mol. The molecule has 2 aliphatic rings. The number of hydrogen-bond acceptors (Lipinski definition) is 3. The average Bonchev–Trinajstić information content (AvgIpc) is 2.75. The second-order valence-corrected chi connectivity index (χ2v) is 3.85. The van der Waals surface area contributed by atoms with Crippen LogP contribution in [-0.4, -0.2) is 30.5 Å². The van der Waals surface area contributed by atoms with Crippen molar-refractivity contribution in [3.63, 3.8) is 0 Å². The van der Waals surface area contributed by atoms with Gasteiger partial charge in [-0.15, -0.1) is 0 Å². The Morgan fingerprint density at radius 2 is 2.21 bits per heavy atom. The molecule has 1 saturated carbocycles. The normalized spacial score (nSPS) is 24.9. The zero-order valence-corrected chi connectivity index (χ0v) is 8.51. The number of hydrogen-bond donors (Lipinski definition) is 1. The van der Waals surface area contributed by atoms with Gasteiger partial charge < -0.3 is 10.1 Å². The van der Waals surface area contributed by atoms with Crippen LogP contribution >= 0.6 is 0 Å². The summed E-state index contributed by atoms with van der Waals surface area (Å²) < 4.78 is 5.78. The van der Waals surface area contributed by atoms with Gasteiger partial charge in [-0.25, -0.2) is 0 Å². The van der Waals surface area contributed by atoms with Crippen molar-refractivity contribution in [1.29, 1.82) is 0 Å². The van der Waals surface area contributed by atoms with Gasteiger partial charge in [0.25, 0.3) is 0 Å². The molecule has 1 fully saturated rings. The molecule has 0 atom stereocenters. The van der Waals surface area contributed by atoms with E-state index in [1.807, 2.05) is 6.92 Å². The summed E-state index contributed by atoms with van der Waals surface area (Å²) in [5, 5.41) is 2.81. The Balaban J connectivity index is 2.14. The molecular weight excluding hydrogens is 180 g/mol. The Morgan fingerprint density at radius 3 is 2.71 bits per heavy atom. The molecule has 2 rings (SSSR count). The lowest BCUT2D eigenvalue weighted by Gasteiger charge is -2.28. The summed E-state index contributed by atoms with van der Waals surface area (Å²) in [6.45, 7) is 2.93. The van der Waals surface area contributed by atoms with E-state index in [1.165, 1.54) is 0 Å². The van der Waals surface area contributed by atoms with Crippen LogP contribution in [0.1, 0.15) is 32.6 Å². The SMILES string of the molecule is CCOC1(C2=NCC(=O)N2)CCCC1. The summed E-state index contributed by atoms with van der Waals surface area (Å²) in [5.41, 5.74) is -0.277. The van der Waals surface area contributed by atoms with Crippen molar-refractivity contribution in [2.75, 3.05) is 13.2 Å². The highest BCUT2D eigenvalue weighted by Crippen LogP contribution is 2.34. The Kier molecular flexibility index (Phi) is 2.54. The third-order valence-electron chi connectivity index (χ3n) is 2.90. The molecule has 0 spiro atoms. The first-order valence-corrected chi connectivity index (χ1v) is 5.25. The number of ether oxygens (including phenoxy) is 1. The lowest BCUT2D eigenvalue weighted by Crippen LogP contribution is -2.46. The van der Waals surface area contributed by atoms with E-state index >= 15 is 0 Å². The highest BCUT2D eigenvalue weighted by atomic mass is 16.5. The molecule has 78 valence electrons. The molecule has 0 aromatic heterocycles. The van der Waals surface area contributed by atoms with Gasteiger partial charge in [-0.1, -0.05) is 0 Å². The molecule has 1 aliphatic carbocycles. The number of nitrogens with one attached hydrogen (secondary N) is 1. The number of rotatable bonds is 3. The van der Waals surface area contributed by atoms with Crippen molar-refractivity contribution in [3.8, 4) is 0 Å². The molecule has 14 heavy (non-hydrogen) atoms. The summed E-state index contributed by atoms with van der Waals surface area (Å²) in [6, 6.07) is 0. The van der Waals surface area contributed by atoms with Gasteiger partial charge in [-0.05, 0) is 32.6 Å². The largest absolute Gasteiger partial charge is 0.367 e. The van der Waals surface area contributed by atoms with E-state index in [0.29, 0.717) is 6.61 Å². The minimum atomic E-state index is -0.277. The molecule has 1 heterocycles. The van der Waals surface area contributed by atoms with Crippen LogP contribution in [0, 0.1) is 0 Å². The molecule has 1 amide bonds. The lowest BCUT2D eigenvalue weighted by molar-refractivity contribution is -0.117. The Hall–Kier alpha value is -0.900. The highest BCUT2D eigenvalue weighted by Gasteiger charge is 2.42. The van der Waals surface area contributed by atoms with Gasteiger partial charge in [-0.3, -0.25) is 9.79 Å². The van der Waals surface area contributed by atoms with Crippen LogP contribution in [0.15, 0.2) is 4.99 Å². The third kappa shape index (κ3) is 1.54. The van der Waals surface area contributed by atoms with Gasteiger partial charge >= 0.3 is 0 Å². The van der Waals surface area contributed by atoms with Crippen molar-refractivity contribution in [1.82, 2.24) is 5.32 Å². The van der Waals surface area contributed by atoms with Crippen LogP contribution in [0.25, 0.3) is 0 Å². The maximum Gasteiger partial charge on any atom is 0.247 e. The maximum absolute atomic E-state index is 11.1. The highest BCUT2D eigenvalue weighted by molar-refractivity contribution is 6.08. The van der Waals surface area contributed by atoms with Gasteiger partial charge in [0.2, 0.25) is 5.91 Å². The van der Waals surface area contributed by atoms with Crippen LogP contribution in [0.3, 0.4) is 0 Å². The van der Waals surface area contributed by atoms with Crippen molar-refractivity contribution in [2.45, 2.75) is 38.2 Å². The summed E-state index contributed by atoms with van der Waals surface area (Å²) in [6.07, 6.45) is 4.30. The van der Waals surface area contributed by atoms with E-state index in [0.717, 1.165) is 31.5 Å². The number of carbonyl (C=O) groups is 1. The predicted molar refractivity (Wildman–Crippen MR) is 53.3 cm³/mol. The van der Waals surface area contributed by atoms with E-state index in [1.54, 1.807) is 0 Å². The van der Waals surface area contributed by atoms with Gasteiger partial charge in [0.1, 0.15) is 18.0 Å². The zero-order valence-electron chi connectivity index (χ0n) is 8.51. The van der Waals surface area contributed by atoms with Crippen LogP contribution in [0.2, 0.25) is 0 Å². The third-order valence-corrected chi connectivity index (χ3v) is 2.90. The molecule has 4 nitrogen and oxygen atoms in total. The molecule has 0 aromatic rings. The number of amidine groups is 1. The van der Waals surface area contributed by atoms with Crippen LogP contribution < -0.4 is 5.32 Å². The second kappa shape index (κ2) is 3.69. The van der Waals surface area contributed by atoms with E-state index in [2.05, 4.69) is 10.3 Å². The smallest absolute Gasteiger partial charge is 0.247 e. The minimum Gasteiger partial charge on any atom is -0.367 e. The molecule has 4 heteroatoms. The fraction of sp³-hybridized carbons (Fsp3) is 0.800. The molecule has 0 radical (unpaired) electrons. The van der Waals surface area contributed by atoms with Crippen molar-refractivity contribution in [3.05, 3.63) is 0 Å². The Labute approximate surface area is 83.7 Å². The zero-order chi connectivity index (χ0) is 10.0. The minimum absolute atomic E-state index is 0.00835. The van der Waals surface area contributed by atoms with E-state index in [4.69, 9.17) is 4.74 Å². The van der Waals surface area contributed by atoms with Crippen LogP contribution in [0.5, 0.6) is 0 Å². The molecule has 1 N–H and O–H groups in total. The first-order chi connectivity index (χ1) is 6.77. The summed E-state index contributed by atoms with van der Waals surface area (Å²) in [5.74, 6) is 0.757. The van der Waals surface area contributed by atoms with Crippen LogP contribution in [-0.2, 0) is 9.53 Å². The molecular formula is C10H16N2O2. The topological polar surface area (TPSA) is 50.7 Å². The van der Waals surface area contributed by atoms with Gasteiger partial charge in [0.15, 0.2) is 0 Å². The number of aliphatic imine (C=N–C) groups is 1. The van der Waals surface area contributed by atoms with E-state index in [9.17, 15) is 4.79 Å². The quantitative estimate of drug-likeness (QED) is 0.728. The van der Waals surface area contributed by atoms with E-state index < -0.39 is 0 Å². The number of nitrogens with zero attached hydrogens (tertiary/aromatic N) is 1. The Bertz CT molecular complexity index is 267. The standard InChI is InChI=1S/C10H16N2O2/c1-2-14-10(5-3-4-6-10)9-11-7-8(13)12-9/h2-7H2,1H3,(H,11,12,13). The molecule has 0 aromatic carbocycles. The summed E-state index contributed by atoms with van der Waals surface area (Å²) in [7, 11) is 0. The lowest BCUT2D eigenvalue weighted by atomic mass is 10.0. The number of carbonyl (C=O) groups excluding carboxylic acids is 1. The molecule has 0 unspecified atom stereocenters. The Morgan fingerprint density at radius 1 is 1.50 bits per heavy atom. The number of amides is 1. The fourth-order valence-electron chi connectivity index (χ4n) is 2.29. The summed E-state index contributed by atoms with van der Waals surface area (Å²) in [4.78, 5) is 15.3. The van der Waals surface area contributed by atoms with Crippen molar-refractivity contribution >= 4 is 11.7 Å². The molecule has 1 aliphatic heterocycles. The maximum atomic E-state index is 11.1. The summed E-state index contributed by atoms with van der Waals surface area (Å²) >= 11 is 0. The van der Waals surface area contributed by atoms with Crippen LogP contribution in [0.4, 0.5) is 0 Å². The fourth-order valence-corrected chi connectivity index (χ4v) is 2.29.